The van der Waals surface area contributed by atoms with Gasteiger partial charge in [-0.2, -0.15) is 0 Å². The predicted molar refractivity (Wildman–Crippen MR) is 139 cm³/mol. The van der Waals surface area contributed by atoms with Gasteiger partial charge in [0.15, 0.2) is 11.5 Å². The van der Waals surface area contributed by atoms with E-state index in [4.69, 9.17) is 14.2 Å². The van der Waals surface area contributed by atoms with Crippen molar-refractivity contribution in [3.05, 3.63) is 77.9 Å². The van der Waals surface area contributed by atoms with Crippen LogP contribution in [-0.4, -0.2) is 41.7 Å². The summed E-state index contributed by atoms with van der Waals surface area (Å²) in [7, 11) is -1.11. The number of nitrogens with zero attached hydrogens (tertiary/aromatic N) is 1. The molecule has 0 saturated heterocycles. The average molecular weight is 513 g/mol. The van der Waals surface area contributed by atoms with Crippen LogP contribution in [0.1, 0.15) is 31.0 Å². The van der Waals surface area contributed by atoms with Crippen LogP contribution in [0.4, 0.5) is 5.69 Å². The fourth-order valence-electron chi connectivity index (χ4n) is 3.65. The SMILES string of the molecule is CCOc1ccc([C@H](C)NC(=O)CN(c2ccc(OC)c(OC)c2)S(=O)(=O)c2ccc(C)cc2)cc1. The first-order chi connectivity index (χ1) is 17.2. The molecule has 0 aliphatic rings. The Morgan fingerprint density at radius 2 is 1.58 bits per heavy atom. The van der Waals surface area contributed by atoms with Crippen molar-refractivity contribution in [1.82, 2.24) is 5.32 Å². The molecule has 0 saturated carbocycles. The number of benzene rings is 3. The van der Waals surface area contributed by atoms with Gasteiger partial charge in [-0.25, -0.2) is 8.42 Å². The molecule has 36 heavy (non-hydrogen) atoms. The number of carbonyl (C=O) groups excluding carboxylic acids is 1. The topological polar surface area (TPSA) is 94.2 Å². The highest BCUT2D eigenvalue weighted by Crippen LogP contribution is 2.34. The zero-order valence-corrected chi connectivity index (χ0v) is 22.0. The molecule has 3 aromatic rings. The second-order valence-corrected chi connectivity index (χ2v) is 10.0. The summed E-state index contributed by atoms with van der Waals surface area (Å²) in [6.45, 7) is 5.76. The Bertz CT molecular complexity index is 1270. The molecule has 1 amide bonds. The van der Waals surface area contributed by atoms with Crippen LogP contribution < -0.4 is 23.8 Å². The molecular formula is C27H32N2O6S. The van der Waals surface area contributed by atoms with Crippen molar-refractivity contribution in [3.8, 4) is 17.2 Å². The van der Waals surface area contributed by atoms with Gasteiger partial charge in [0, 0.05) is 6.07 Å². The molecule has 0 aliphatic carbocycles. The molecule has 0 fully saturated rings. The van der Waals surface area contributed by atoms with Crippen LogP contribution in [-0.2, 0) is 14.8 Å². The summed E-state index contributed by atoms with van der Waals surface area (Å²) in [5.74, 6) is 1.08. The van der Waals surface area contributed by atoms with E-state index in [2.05, 4.69) is 5.32 Å². The number of rotatable bonds is 11. The molecule has 8 nitrogen and oxygen atoms in total. The molecule has 0 aliphatic heterocycles. The molecule has 0 unspecified atom stereocenters. The number of hydrogen-bond acceptors (Lipinski definition) is 6. The number of nitrogens with one attached hydrogen (secondary N) is 1. The van der Waals surface area contributed by atoms with E-state index in [-0.39, 0.29) is 16.6 Å². The van der Waals surface area contributed by atoms with E-state index in [0.717, 1.165) is 21.2 Å². The molecule has 0 aromatic heterocycles. The minimum absolute atomic E-state index is 0.0789. The molecule has 1 N–H and O–H groups in total. The molecule has 3 aromatic carbocycles. The van der Waals surface area contributed by atoms with E-state index in [1.807, 2.05) is 45.0 Å². The fraction of sp³-hybridized carbons (Fsp3) is 0.296. The standard InChI is InChI=1S/C27H32N2O6S/c1-6-35-23-12-9-21(10-13-23)20(3)28-27(30)18-29(22-11-16-25(33-4)26(17-22)34-5)36(31,32)24-14-7-19(2)8-15-24/h7-17,20H,6,18H2,1-5H3,(H,28,30)/t20-/m0/s1. The van der Waals surface area contributed by atoms with E-state index >= 15 is 0 Å². The van der Waals surface area contributed by atoms with Crippen molar-refractivity contribution in [1.29, 1.82) is 0 Å². The van der Waals surface area contributed by atoms with E-state index in [1.165, 1.54) is 32.4 Å². The predicted octanol–water partition coefficient (Wildman–Crippen LogP) is 4.48. The summed E-state index contributed by atoms with van der Waals surface area (Å²) < 4.78 is 44.5. The largest absolute Gasteiger partial charge is 0.494 e. The highest BCUT2D eigenvalue weighted by Gasteiger charge is 2.28. The number of methoxy groups -OCH3 is 2. The van der Waals surface area contributed by atoms with E-state index in [1.54, 1.807) is 24.3 Å². The summed E-state index contributed by atoms with van der Waals surface area (Å²) in [5.41, 5.74) is 2.07. The fourth-order valence-corrected chi connectivity index (χ4v) is 5.07. The maximum absolute atomic E-state index is 13.6. The maximum atomic E-state index is 13.6. The second-order valence-electron chi connectivity index (χ2n) is 8.16. The number of ether oxygens (including phenoxy) is 3. The van der Waals surface area contributed by atoms with Gasteiger partial charge in [-0.3, -0.25) is 9.10 Å². The molecule has 192 valence electrons. The maximum Gasteiger partial charge on any atom is 0.264 e. The summed E-state index contributed by atoms with van der Waals surface area (Å²) in [4.78, 5) is 13.2. The lowest BCUT2D eigenvalue weighted by Crippen LogP contribution is -2.41. The Morgan fingerprint density at radius 1 is 0.944 bits per heavy atom. The van der Waals surface area contributed by atoms with Crippen LogP contribution >= 0.6 is 0 Å². The normalized spacial score (nSPS) is 11.9. The number of sulfonamides is 1. The molecule has 0 heterocycles. The van der Waals surface area contributed by atoms with Crippen LogP contribution in [0, 0.1) is 6.92 Å². The van der Waals surface area contributed by atoms with Crippen molar-refractivity contribution in [3.63, 3.8) is 0 Å². The summed E-state index contributed by atoms with van der Waals surface area (Å²) in [6.07, 6.45) is 0. The first-order valence-corrected chi connectivity index (χ1v) is 13.0. The minimum atomic E-state index is -4.06. The highest BCUT2D eigenvalue weighted by atomic mass is 32.2. The molecule has 9 heteroatoms. The van der Waals surface area contributed by atoms with Gasteiger partial charge < -0.3 is 19.5 Å². The molecule has 0 spiro atoms. The van der Waals surface area contributed by atoms with E-state index in [9.17, 15) is 13.2 Å². The summed E-state index contributed by atoms with van der Waals surface area (Å²) >= 11 is 0. The molecule has 0 radical (unpaired) electrons. The van der Waals surface area contributed by atoms with Crippen LogP contribution in [0.15, 0.2) is 71.6 Å². The Kier molecular flexibility index (Phi) is 8.82. The Labute approximate surface area is 212 Å². The smallest absolute Gasteiger partial charge is 0.264 e. The quantitative estimate of drug-likeness (QED) is 0.407. The minimum Gasteiger partial charge on any atom is -0.494 e. The van der Waals surface area contributed by atoms with Gasteiger partial charge >= 0.3 is 0 Å². The van der Waals surface area contributed by atoms with Gasteiger partial charge in [-0.15, -0.1) is 0 Å². The third-order valence-electron chi connectivity index (χ3n) is 5.62. The number of carbonyl (C=O) groups is 1. The summed E-state index contributed by atoms with van der Waals surface area (Å²) in [5, 5.41) is 2.89. The van der Waals surface area contributed by atoms with Gasteiger partial charge in [-0.05, 0) is 62.7 Å². The second kappa shape index (κ2) is 11.8. The number of aryl methyl sites for hydroxylation is 1. The average Bonchev–Trinajstić information content (AvgIpc) is 2.87. The van der Waals surface area contributed by atoms with E-state index < -0.39 is 22.5 Å². The van der Waals surface area contributed by atoms with Crippen molar-refractivity contribution >= 4 is 21.6 Å². The zero-order chi connectivity index (χ0) is 26.3. The Morgan fingerprint density at radius 3 is 2.17 bits per heavy atom. The van der Waals surface area contributed by atoms with Crippen molar-refractivity contribution in [2.45, 2.75) is 31.7 Å². The van der Waals surface area contributed by atoms with Gasteiger partial charge in [0.2, 0.25) is 5.91 Å². The monoisotopic (exact) mass is 512 g/mol. The van der Waals surface area contributed by atoms with Gasteiger partial charge in [0.25, 0.3) is 10.0 Å². The van der Waals surface area contributed by atoms with E-state index in [0.29, 0.717) is 18.1 Å². The highest BCUT2D eigenvalue weighted by molar-refractivity contribution is 7.92. The van der Waals surface area contributed by atoms with Crippen molar-refractivity contribution in [2.24, 2.45) is 0 Å². The molecular weight excluding hydrogens is 480 g/mol. The molecule has 0 bridgehead atoms. The lowest BCUT2D eigenvalue weighted by Gasteiger charge is -2.26. The van der Waals surface area contributed by atoms with Gasteiger partial charge in [0.1, 0.15) is 12.3 Å². The Balaban J connectivity index is 1.90. The summed E-state index contributed by atoms with van der Waals surface area (Å²) in [6, 6.07) is 18.3. The van der Waals surface area contributed by atoms with Crippen LogP contribution in [0.3, 0.4) is 0 Å². The third-order valence-corrected chi connectivity index (χ3v) is 7.41. The first-order valence-electron chi connectivity index (χ1n) is 11.5. The van der Waals surface area contributed by atoms with Crippen molar-refractivity contribution < 1.29 is 27.4 Å². The van der Waals surface area contributed by atoms with Gasteiger partial charge in [0.05, 0.1) is 37.5 Å². The zero-order valence-electron chi connectivity index (χ0n) is 21.1. The lowest BCUT2D eigenvalue weighted by molar-refractivity contribution is -0.120. The van der Waals surface area contributed by atoms with Crippen LogP contribution in [0.25, 0.3) is 0 Å². The first kappa shape index (κ1) is 26.9. The Hall–Kier alpha value is -3.72. The van der Waals surface area contributed by atoms with Crippen LogP contribution in [0.2, 0.25) is 0 Å². The lowest BCUT2D eigenvalue weighted by atomic mass is 10.1. The van der Waals surface area contributed by atoms with Crippen molar-refractivity contribution in [2.75, 3.05) is 31.7 Å². The van der Waals surface area contributed by atoms with Gasteiger partial charge in [-0.1, -0.05) is 29.8 Å². The molecule has 1 atom stereocenters. The number of amides is 1. The van der Waals surface area contributed by atoms with Crippen LogP contribution in [0.5, 0.6) is 17.2 Å². The number of hydrogen-bond donors (Lipinski definition) is 1. The number of anilines is 1. The third kappa shape index (κ3) is 6.28. The molecule has 3 rings (SSSR count).